The standard InChI is InChI=1S/C16H28N4O3/c1-5-6-7-8-10-19-15(22)13(14(21)18-16(19)23)12-17-9-11-20(2,3)4/h12-13H,5-11H2,1-4H3/p+1/t13-/m0/s1. The molecule has 1 saturated heterocycles. The van der Waals surface area contributed by atoms with E-state index in [0.29, 0.717) is 13.1 Å². The van der Waals surface area contributed by atoms with E-state index < -0.39 is 23.8 Å². The highest BCUT2D eigenvalue weighted by molar-refractivity contribution is 6.23. The zero-order valence-electron chi connectivity index (χ0n) is 14.7. The lowest BCUT2D eigenvalue weighted by atomic mass is 10.1. The third-order valence-electron chi connectivity index (χ3n) is 3.68. The number of aliphatic imine (C=N–C) groups is 1. The van der Waals surface area contributed by atoms with Crippen LogP contribution in [0.5, 0.6) is 0 Å². The zero-order valence-corrected chi connectivity index (χ0v) is 14.7. The number of imide groups is 2. The average Bonchev–Trinajstić information content (AvgIpc) is 2.44. The number of barbiturate groups is 1. The molecule has 0 bridgehead atoms. The van der Waals surface area contributed by atoms with E-state index in [1.54, 1.807) is 0 Å². The highest BCUT2D eigenvalue weighted by Crippen LogP contribution is 2.11. The molecule has 0 unspecified atom stereocenters. The van der Waals surface area contributed by atoms with E-state index in [9.17, 15) is 14.4 Å². The molecule has 0 aliphatic carbocycles. The smallest absolute Gasteiger partial charge is 0.329 e. The predicted octanol–water partition coefficient (Wildman–Crippen LogP) is 1.04. The van der Waals surface area contributed by atoms with E-state index in [1.165, 1.54) is 6.21 Å². The first-order valence-corrected chi connectivity index (χ1v) is 8.23. The predicted molar refractivity (Wildman–Crippen MR) is 89.1 cm³/mol. The SMILES string of the molecule is CCCCCCN1C(=O)NC(=O)[C@H](C=NCC[N+](C)(C)C)C1=O. The molecular formula is C16H29N4O3+. The van der Waals surface area contributed by atoms with Crippen molar-refractivity contribution in [1.82, 2.24) is 10.2 Å². The van der Waals surface area contributed by atoms with Crippen molar-refractivity contribution in [3.63, 3.8) is 0 Å². The lowest BCUT2D eigenvalue weighted by molar-refractivity contribution is -0.868. The van der Waals surface area contributed by atoms with Gasteiger partial charge in [-0.1, -0.05) is 26.2 Å². The van der Waals surface area contributed by atoms with Gasteiger partial charge in [0.15, 0.2) is 5.92 Å². The minimum Gasteiger partial charge on any atom is -0.329 e. The Morgan fingerprint density at radius 3 is 2.48 bits per heavy atom. The number of nitrogens with one attached hydrogen (secondary N) is 1. The Labute approximate surface area is 138 Å². The van der Waals surface area contributed by atoms with E-state index in [1.807, 2.05) is 21.1 Å². The van der Waals surface area contributed by atoms with Crippen LogP contribution in [0.15, 0.2) is 4.99 Å². The van der Waals surface area contributed by atoms with Crippen molar-refractivity contribution in [1.29, 1.82) is 0 Å². The first kappa shape index (κ1) is 19.3. The number of urea groups is 1. The maximum absolute atomic E-state index is 12.4. The lowest BCUT2D eigenvalue weighted by Gasteiger charge is -2.28. The van der Waals surface area contributed by atoms with Gasteiger partial charge in [-0.3, -0.25) is 24.8 Å². The summed E-state index contributed by atoms with van der Waals surface area (Å²) in [5.41, 5.74) is 0. The highest BCUT2D eigenvalue weighted by Gasteiger charge is 2.39. The quantitative estimate of drug-likeness (QED) is 0.298. The summed E-state index contributed by atoms with van der Waals surface area (Å²) in [4.78, 5) is 41.3. The van der Waals surface area contributed by atoms with E-state index >= 15 is 0 Å². The number of likely N-dealkylation sites (N-methyl/N-ethyl adjacent to an activating group) is 1. The van der Waals surface area contributed by atoms with Crippen LogP contribution in [0, 0.1) is 5.92 Å². The van der Waals surface area contributed by atoms with Gasteiger partial charge in [0.25, 0.3) is 0 Å². The number of amides is 4. The van der Waals surface area contributed by atoms with Crippen molar-refractivity contribution in [2.75, 3.05) is 40.8 Å². The zero-order chi connectivity index (χ0) is 17.5. The number of unbranched alkanes of at least 4 members (excludes halogenated alkanes) is 3. The molecule has 23 heavy (non-hydrogen) atoms. The molecule has 1 heterocycles. The normalized spacial score (nSPS) is 19.6. The Morgan fingerprint density at radius 2 is 1.87 bits per heavy atom. The minimum atomic E-state index is -0.994. The van der Waals surface area contributed by atoms with Crippen molar-refractivity contribution in [2.45, 2.75) is 32.6 Å². The number of hydrogen-bond acceptors (Lipinski definition) is 4. The molecule has 1 aliphatic heterocycles. The van der Waals surface area contributed by atoms with Gasteiger partial charge in [0.05, 0.1) is 34.2 Å². The highest BCUT2D eigenvalue weighted by atomic mass is 16.2. The Morgan fingerprint density at radius 1 is 1.17 bits per heavy atom. The molecule has 1 N–H and O–H groups in total. The van der Waals surface area contributed by atoms with Crippen molar-refractivity contribution in [3.05, 3.63) is 0 Å². The van der Waals surface area contributed by atoms with Crippen LogP contribution < -0.4 is 5.32 Å². The van der Waals surface area contributed by atoms with Crippen LogP contribution >= 0.6 is 0 Å². The second kappa shape index (κ2) is 8.76. The Kier molecular flexibility index (Phi) is 7.35. The third-order valence-corrected chi connectivity index (χ3v) is 3.68. The van der Waals surface area contributed by atoms with E-state index in [-0.39, 0.29) is 0 Å². The van der Waals surface area contributed by atoms with Gasteiger partial charge in [0.2, 0.25) is 11.8 Å². The van der Waals surface area contributed by atoms with Crippen LogP contribution in [0.4, 0.5) is 4.79 Å². The van der Waals surface area contributed by atoms with Crippen LogP contribution in [-0.4, -0.2) is 74.2 Å². The molecule has 1 atom stereocenters. The lowest BCUT2D eigenvalue weighted by Crippen LogP contribution is -2.58. The second-order valence-corrected chi connectivity index (χ2v) is 6.89. The van der Waals surface area contributed by atoms with Crippen molar-refractivity contribution < 1.29 is 18.9 Å². The third kappa shape index (κ3) is 6.48. The molecule has 0 aromatic heterocycles. The molecule has 1 fully saturated rings. The fraction of sp³-hybridized carbons (Fsp3) is 0.750. The van der Waals surface area contributed by atoms with E-state index in [2.05, 4.69) is 17.2 Å². The number of rotatable bonds is 9. The van der Waals surface area contributed by atoms with Crippen LogP contribution in [0.2, 0.25) is 0 Å². The maximum atomic E-state index is 12.4. The fourth-order valence-corrected chi connectivity index (χ4v) is 2.21. The molecule has 1 rings (SSSR count). The van der Waals surface area contributed by atoms with Gasteiger partial charge in [-0.05, 0) is 6.42 Å². The Balaban J connectivity index is 2.60. The van der Waals surface area contributed by atoms with Crippen LogP contribution in [0.1, 0.15) is 32.6 Å². The number of carbonyl (C=O) groups is 3. The van der Waals surface area contributed by atoms with Gasteiger partial charge < -0.3 is 4.48 Å². The summed E-state index contributed by atoms with van der Waals surface area (Å²) < 4.78 is 0.754. The fourth-order valence-electron chi connectivity index (χ4n) is 2.21. The summed E-state index contributed by atoms with van der Waals surface area (Å²) in [7, 11) is 6.14. The molecule has 1 aliphatic rings. The van der Waals surface area contributed by atoms with Gasteiger partial charge in [0, 0.05) is 12.8 Å². The molecule has 7 nitrogen and oxygen atoms in total. The number of nitrogens with zero attached hydrogens (tertiary/aromatic N) is 3. The second-order valence-electron chi connectivity index (χ2n) is 6.89. The first-order valence-electron chi connectivity index (χ1n) is 8.23. The van der Waals surface area contributed by atoms with E-state index in [0.717, 1.165) is 41.6 Å². The van der Waals surface area contributed by atoms with Crippen molar-refractivity contribution >= 4 is 24.1 Å². The molecule has 0 radical (unpaired) electrons. The van der Waals surface area contributed by atoms with Crippen LogP contribution in [0.3, 0.4) is 0 Å². The molecule has 4 amide bonds. The van der Waals surface area contributed by atoms with Crippen molar-refractivity contribution in [2.24, 2.45) is 10.9 Å². The summed E-state index contributed by atoms with van der Waals surface area (Å²) in [5.74, 6) is -2.05. The summed E-state index contributed by atoms with van der Waals surface area (Å²) in [6, 6.07) is -0.618. The van der Waals surface area contributed by atoms with Crippen LogP contribution in [-0.2, 0) is 9.59 Å². The summed E-state index contributed by atoms with van der Waals surface area (Å²) in [6.45, 7) is 3.78. The molecule has 0 saturated carbocycles. The molecule has 7 heteroatoms. The Hall–Kier alpha value is -1.76. The van der Waals surface area contributed by atoms with Gasteiger partial charge in [-0.25, -0.2) is 4.79 Å². The van der Waals surface area contributed by atoms with Crippen LogP contribution in [0.25, 0.3) is 0 Å². The number of carbonyl (C=O) groups excluding carboxylic acids is 3. The van der Waals surface area contributed by atoms with Gasteiger partial charge in [-0.2, -0.15) is 0 Å². The first-order chi connectivity index (χ1) is 10.8. The average molecular weight is 325 g/mol. The van der Waals surface area contributed by atoms with E-state index in [4.69, 9.17) is 0 Å². The largest absolute Gasteiger partial charge is 0.330 e. The summed E-state index contributed by atoms with van der Waals surface area (Å²) in [6.07, 6.45) is 5.24. The minimum absolute atomic E-state index is 0.348. The van der Waals surface area contributed by atoms with Gasteiger partial charge in [-0.15, -0.1) is 0 Å². The molecule has 0 aromatic carbocycles. The molecule has 130 valence electrons. The summed E-state index contributed by atoms with van der Waals surface area (Å²) in [5, 5.41) is 2.24. The maximum Gasteiger partial charge on any atom is 0.330 e. The number of hydrogen-bond donors (Lipinski definition) is 1. The molecule has 0 spiro atoms. The monoisotopic (exact) mass is 325 g/mol. The number of quaternary nitrogens is 1. The molecule has 0 aromatic rings. The topological polar surface area (TPSA) is 78.8 Å². The summed E-state index contributed by atoms with van der Waals surface area (Å²) >= 11 is 0. The Bertz CT molecular complexity index is 468. The van der Waals surface area contributed by atoms with Crippen molar-refractivity contribution in [3.8, 4) is 0 Å². The van der Waals surface area contributed by atoms with Gasteiger partial charge in [0.1, 0.15) is 0 Å². The molecular weight excluding hydrogens is 296 g/mol. The van der Waals surface area contributed by atoms with Gasteiger partial charge >= 0.3 is 6.03 Å².